The van der Waals surface area contributed by atoms with E-state index in [-0.39, 0.29) is 12.1 Å². The smallest absolute Gasteiger partial charge is 0.315 e. The third kappa shape index (κ3) is 4.87. The first-order valence-electron chi connectivity index (χ1n) is 7.91. The Morgan fingerprint density at radius 2 is 2.27 bits per heavy atom. The molecule has 2 N–H and O–H groups in total. The molecule has 0 spiro atoms. The molecule has 0 radical (unpaired) electrons. The minimum Gasteiger partial charge on any atom is -0.359 e. The van der Waals surface area contributed by atoms with Crippen LogP contribution in [0.3, 0.4) is 0 Å². The van der Waals surface area contributed by atoms with Crippen LogP contribution in [0, 0.1) is 0 Å². The van der Waals surface area contributed by atoms with Gasteiger partial charge in [0.05, 0.1) is 12.2 Å². The quantitative estimate of drug-likeness (QED) is 0.791. The maximum atomic E-state index is 11.9. The molecule has 6 nitrogen and oxygen atoms in total. The molecule has 1 aliphatic heterocycles. The third-order valence-electron chi connectivity index (χ3n) is 3.90. The van der Waals surface area contributed by atoms with Crippen LogP contribution in [-0.4, -0.2) is 41.8 Å². The van der Waals surface area contributed by atoms with Gasteiger partial charge in [-0.1, -0.05) is 25.1 Å². The molecule has 0 aliphatic carbocycles. The van der Waals surface area contributed by atoms with E-state index in [4.69, 9.17) is 4.52 Å². The summed E-state index contributed by atoms with van der Waals surface area (Å²) >= 11 is 0. The Bertz CT molecular complexity index is 490. The van der Waals surface area contributed by atoms with Gasteiger partial charge in [0.15, 0.2) is 5.76 Å². The predicted molar refractivity (Wildman–Crippen MR) is 85.6 cm³/mol. The zero-order valence-electron chi connectivity index (χ0n) is 13.5. The SMILES string of the molecule is C=CCN1CCC(NC(=O)NCc2cc(C(C)C)no2)CC1. The van der Waals surface area contributed by atoms with Gasteiger partial charge in [-0.15, -0.1) is 6.58 Å². The minimum absolute atomic E-state index is 0.148. The van der Waals surface area contributed by atoms with Crippen molar-refractivity contribution in [3.63, 3.8) is 0 Å². The number of rotatable bonds is 6. The first kappa shape index (κ1) is 16.5. The fraction of sp³-hybridized carbons (Fsp3) is 0.625. The fourth-order valence-corrected chi connectivity index (χ4v) is 2.53. The Morgan fingerprint density at radius 1 is 1.55 bits per heavy atom. The molecule has 0 unspecified atom stereocenters. The molecule has 0 saturated carbocycles. The fourth-order valence-electron chi connectivity index (χ4n) is 2.53. The second-order valence-corrected chi connectivity index (χ2v) is 6.06. The Kier molecular flexibility index (Phi) is 6.00. The molecule has 0 aromatic carbocycles. The van der Waals surface area contributed by atoms with Crippen LogP contribution in [0.25, 0.3) is 0 Å². The molecule has 0 bridgehead atoms. The Labute approximate surface area is 131 Å². The second-order valence-electron chi connectivity index (χ2n) is 6.06. The van der Waals surface area contributed by atoms with Gasteiger partial charge in [-0.25, -0.2) is 4.79 Å². The molecule has 0 atom stereocenters. The minimum atomic E-state index is -0.148. The van der Waals surface area contributed by atoms with Crippen LogP contribution in [-0.2, 0) is 6.54 Å². The van der Waals surface area contributed by atoms with Crippen molar-refractivity contribution in [3.05, 3.63) is 30.2 Å². The molecule has 1 saturated heterocycles. The molecule has 1 aromatic heterocycles. The van der Waals surface area contributed by atoms with E-state index < -0.39 is 0 Å². The monoisotopic (exact) mass is 306 g/mol. The van der Waals surface area contributed by atoms with E-state index >= 15 is 0 Å². The molecule has 2 heterocycles. The third-order valence-corrected chi connectivity index (χ3v) is 3.90. The van der Waals surface area contributed by atoms with Gasteiger partial charge in [-0.3, -0.25) is 4.90 Å². The van der Waals surface area contributed by atoms with Crippen molar-refractivity contribution in [3.8, 4) is 0 Å². The van der Waals surface area contributed by atoms with Crippen molar-refractivity contribution in [2.24, 2.45) is 0 Å². The maximum absolute atomic E-state index is 11.9. The average molecular weight is 306 g/mol. The van der Waals surface area contributed by atoms with Crippen molar-refractivity contribution in [1.82, 2.24) is 20.7 Å². The Morgan fingerprint density at radius 3 is 2.86 bits per heavy atom. The lowest BCUT2D eigenvalue weighted by molar-refractivity contribution is 0.203. The van der Waals surface area contributed by atoms with E-state index in [1.165, 1.54) is 0 Å². The highest BCUT2D eigenvalue weighted by molar-refractivity contribution is 5.74. The van der Waals surface area contributed by atoms with Gasteiger partial charge < -0.3 is 15.2 Å². The van der Waals surface area contributed by atoms with E-state index in [2.05, 4.69) is 41.1 Å². The standard InChI is InChI=1S/C16H26N4O2/c1-4-7-20-8-5-13(6-9-20)18-16(21)17-11-14-10-15(12(2)3)19-22-14/h4,10,12-13H,1,5-9,11H2,2-3H3,(H2,17,18,21). The Balaban J connectivity index is 1.68. The summed E-state index contributed by atoms with van der Waals surface area (Å²) in [6.07, 6.45) is 3.87. The van der Waals surface area contributed by atoms with Crippen LogP contribution >= 0.6 is 0 Å². The van der Waals surface area contributed by atoms with Crippen molar-refractivity contribution >= 4 is 6.03 Å². The highest BCUT2D eigenvalue weighted by Gasteiger charge is 2.19. The molecular formula is C16H26N4O2. The second kappa shape index (κ2) is 7.98. The molecule has 6 heteroatoms. The van der Waals surface area contributed by atoms with E-state index in [1.54, 1.807) is 0 Å². The highest BCUT2D eigenvalue weighted by atomic mass is 16.5. The molecule has 122 valence electrons. The molecule has 1 fully saturated rings. The van der Waals surface area contributed by atoms with Crippen LogP contribution in [0.15, 0.2) is 23.2 Å². The lowest BCUT2D eigenvalue weighted by Crippen LogP contribution is -2.47. The molecule has 22 heavy (non-hydrogen) atoms. The zero-order valence-corrected chi connectivity index (χ0v) is 13.5. The number of nitrogens with one attached hydrogen (secondary N) is 2. The number of nitrogens with zero attached hydrogens (tertiary/aromatic N) is 2. The summed E-state index contributed by atoms with van der Waals surface area (Å²) in [6.45, 7) is 11.1. The lowest BCUT2D eigenvalue weighted by atomic mass is 10.1. The first-order valence-corrected chi connectivity index (χ1v) is 7.91. The van der Waals surface area contributed by atoms with Gasteiger partial charge in [0.1, 0.15) is 0 Å². The molecule has 1 aromatic rings. The lowest BCUT2D eigenvalue weighted by Gasteiger charge is -2.31. The predicted octanol–water partition coefficient (Wildman–Crippen LogP) is 2.25. The van der Waals surface area contributed by atoms with Crippen LogP contribution < -0.4 is 10.6 Å². The molecule has 2 amide bonds. The van der Waals surface area contributed by atoms with Gasteiger partial charge in [0, 0.05) is 31.7 Å². The van der Waals surface area contributed by atoms with Crippen molar-refractivity contribution in [2.75, 3.05) is 19.6 Å². The molecule has 1 aliphatic rings. The number of urea groups is 1. The highest BCUT2D eigenvalue weighted by Crippen LogP contribution is 2.14. The van der Waals surface area contributed by atoms with Crippen LogP contribution in [0.2, 0.25) is 0 Å². The van der Waals surface area contributed by atoms with E-state index in [0.717, 1.165) is 38.2 Å². The summed E-state index contributed by atoms with van der Waals surface area (Å²) in [5.41, 5.74) is 0.909. The topological polar surface area (TPSA) is 70.4 Å². The number of amides is 2. The van der Waals surface area contributed by atoms with Crippen molar-refractivity contribution < 1.29 is 9.32 Å². The van der Waals surface area contributed by atoms with Crippen molar-refractivity contribution in [1.29, 1.82) is 0 Å². The maximum Gasteiger partial charge on any atom is 0.315 e. The summed E-state index contributed by atoms with van der Waals surface area (Å²) < 4.78 is 5.20. The number of aromatic nitrogens is 1. The van der Waals surface area contributed by atoms with Gasteiger partial charge in [-0.2, -0.15) is 0 Å². The number of hydrogen-bond donors (Lipinski definition) is 2. The summed E-state index contributed by atoms with van der Waals surface area (Å²) in [5, 5.41) is 9.81. The van der Waals surface area contributed by atoms with E-state index in [0.29, 0.717) is 18.2 Å². The number of carbonyl (C=O) groups is 1. The van der Waals surface area contributed by atoms with Crippen LogP contribution in [0.5, 0.6) is 0 Å². The number of hydrogen-bond acceptors (Lipinski definition) is 4. The largest absolute Gasteiger partial charge is 0.359 e. The zero-order chi connectivity index (χ0) is 15.9. The first-order chi connectivity index (χ1) is 10.6. The van der Waals surface area contributed by atoms with Gasteiger partial charge in [-0.05, 0) is 18.8 Å². The van der Waals surface area contributed by atoms with Crippen LogP contribution in [0.1, 0.15) is 44.1 Å². The van der Waals surface area contributed by atoms with Crippen molar-refractivity contribution in [2.45, 2.75) is 45.2 Å². The molecular weight excluding hydrogens is 280 g/mol. The van der Waals surface area contributed by atoms with Gasteiger partial charge >= 0.3 is 6.03 Å². The number of piperidine rings is 1. The van der Waals surface area contributed by atoms with Gasteiger partial charge in [0.2, 0.25) is 0 Å². The summed E-state index contributed by atoms with van der Waals surface area (Å²) in [4.78, 5) is 14.3. The molecule has 2 rings (SSSR count). The van der Waals surface area contributed by atoms with Crippen LogP contribution in [0.4, 0.5) is 4.79 Å². The summed E-state index contributed by atoms with van der Waals surface area (Å²) in [6, 6.07) is 1.98. The number of likely N-dealkylation sites (tertiary alicyclic amines) is 1. The van der Waals surface area contributed by atoms with E-state index in [1.807, 2.05) is 12.1 Å². The average Bonchev–Trinajstić information content (AvgIpc) is 2.97. The summed E-state index contributed by atoms with van der Waals surface area (Å²) in [5.74, 6) is 1.01. The normalized spacial score (nSPS) is 16.7. The Hall–Kier alpha value is -1.82. The summed E-state index contributed by atoms with van der Waals surface area (Å²) in [7, 11) is 0. The van der Waals surface area contributed by atoms with Gasteiger partial charge in [0.25, 0.3) is 0 Å². The van der Waals surface area contributed by atoms with E-state index in [9.17, 15) is 4.79 Å². The number of carbonyl (C=O) groups excluding carboxylic acids is 1.